The van der Waals surface area contributed by atoms with E-state index in [0.717, 1.165) is 38.0 Å². The minimum atomic E-state index is -0.522. The van der Waals surface area contributed by atoms with E-state index in [0.29, 0.717) is 10.7 Å². The molecule has 1 spiro atoms. The zero-order chi connectivity index (χ0) is 15.9. The molecule has 1 fully saturated rings. The van der Waals surface area contributed by atoms with Gasteiger partial charge in [-0.05, 0) is 11.6 Å². The molecule has 4 nitrogen and oxygen atoms in total. The van der Waals surface area contributed by atoms with Crippen molar-refractivity contribution in [1.82, 2.24) is 9.88 Å². The van der Waals surface area contributed by atoms with Crippen LogP contribution in [0.2, 0.25) is 5.15 Å². The van der Waals surface area contributed by atoms with Gasteiger partial charge in [-0.15, -0.1) is 0 Å². The SMILES string of the molecule is O=C1OC2(CCN(Cc3ccccc3)CC2)c2cc(Cl)ncc21. The van der Waals surface area contributed by atoms with E-state index < -0.39 is 5.60 Å². The third-order valence-electron chi connectivity index (χ3n) is 4.78. The summed E-state index contributed by atoms with van der Waals surface area (Å²) in [6.45, 7) is 2.71. The summed E-state index contributed by atoms with van der Waals surface area (Å²) in [6, 6.07) is 12.2. The van der Waals surface area contributed by atoms with Crippen molar-refractivity contribution < 1.29 is 9.53 Å². The van der Waals surface area contributed by atoms with Crippen molar-refractivity contribution in [2.24, 2.45) is 0 Å². The Morgan fingerprint density at radius 3 is 2.70 bits per heavy atom. The second-order valence-electron chi connectivity index (χ2n) is 6.20. The number of fused-ring (bicyclic) bond motifs is 2. The maximum absolute atomic E-state index is 12.1. The van der Waals surface area contributed by atoms with E-state index >= 15 is 0 Å². The first-order chi connectivity index (χ1) is 11.2. The number of esters is 1. The number of carbonyl (C=O) groups is 1. The number of aromatic nitrogens is 1. The highest BCUT2D eigenvalue weighted by atomic mass is 35.5. The van der Waals surface area contributed by atoms with Crippen LogP contribution in [0.5, 0.6) is 0 Å². The Labute approximate surface area is 140 Å². The standard InChI is InChI=1S/C18H17ClN2O2/c19-16-10-15-14(11-20-16)17(22)23-18(15)6-8-21(9-7-18)12-13-4-2-1-3-5-13/h1-5,10-11H,6-9,12H2. The van der Waals surface area contributed by atoms with Crippen molar-refractivity contribution >= 4 is 17.6 Å². The van der Waals surface area contributed by atoms with Gasteiger partial charge in [0.1, 0.15) is 10.8 Å². The molecule has 0 radical (unpaired) electrons. The molecule has 3 heterocycles. The Kier molecular flexibility index (Phi) is 3.58. The highest BCUT2D eigenvalue weighted by Gasteiger charge is 2.47. The number of nitrogens with zero attached hydrogens (tertiary/aromatic N) is 2. The molecule has 2 aromatic rings. The summed E-state index contributed by atoms with van der Waals surface area (Å²) in [5.74, 6) is -0.277. The van der Waals surface area contributed by atoms with Gasteiger partial charge in [-0.25, -0.2) is 9.78 Å². The van der Waals surface area contributed by atoms with Crippen molar-refractivity contribution in [3.63, 3.8) is 0 Å². The zero-order valence-corrected chi connectivity index (χ0v) is 13.4. The lowest BCUT2D eigenvalue weighted by atomic mass is 9.84. The fourth-order valence-corrected chi connectivity index (χ4v) is 3.70. The molecule has 0 atom stereocenters. The Morgan fingerprint density at radius 2 is 1.96 bits per heavy atom. The third kappa shape index (κ3) is 2.62. The largest absolute Gasteiger partial charge is 0.450 e. The predicted molar refractivity (Wildman–Crippen MR) is 87.3 cm³/mol. The summed E-state index contributed by atoms with van der Waals surface area (Å²) in [5, 5.41) is 0.410. The molecule has 23 heavy (non-hydrogen) atoms. The third-order valence-corrected chi connectivity index (χ3v) is 4.99. The molecule has 0 N–H and O–H groups in total. The first kappa shape index (κ1) is 14.7. The van der Waals surface area contributed by atoms with Crippen molar-refractivity contribution in [2.75, 3.05) is 13.1 Å². The monoisotopic (exact) mass is 328 g/mol. The topological polar surface area (TPSA) is 42.4 Å². The minimum Gasteiger partial charge on any atom is -0.450 e. The van der Waals surface area contributed by atoms with Crippen LogP contribution in [0.4, 0.5) is 0 Å². The molecule has 1 saturated heterocycles. The number of hydrogen-bond donors (Lipinski definition) is 0. The van der Waals surface area contributed by atoms with E-state index in [1.807, 2.05) is 6.07 Å². The summed E-state index contributed by atoms with van der Waals surface area (Å²) < 4.78 is 5.75. The molecule has 1 aromatic heterocycles. The van der Waals surface area contributed by atoms with E-state index in [2.05, 4.69) is 34.1 Å². The number of likely N-dealkylation sites (tertiary alicyclic amines) is 1. The van der Waals surface area contributed by atoms with Crippen LogP contribution >= 0.6 is 11.6 Å². The first-order valence-electron chi connectivity index (χ1n) is 7.82. The number of ether oxygens (including phenoxy) is 1. The average molecular weight is 329 g/mol. The molecule has 0 bridgehead atoms. The Balaban J connectivity index is 1.52. The molecule has 1 aromatic carbocycles. The highest BCUT2D eigenvalue weighted by Crippen LogP contribution is 2.44. The molecular weight excluding hydrogens is 312 g/mol. The van der Waals surface area contributed by atoms with Crippen LogP contribution < -0.4 is 0 Å². The van der Waals surface area contributed by atoms with Gasteiger partial charge in [0.05, 0.1) is 5.56 Å². The lowest BCUT2D eigenvalue weighted by Crippen LogP contribution is -2.42. The fourth-order valence-electron chi connectivity index (χ4n) is 3.54. The van der Waals surface area contributed by atoms with Crippen LogP contribution in [0, 0.1) is 0 Å². The Bertz CT molecular complexity index is 740. The summed E-state index contributed by atoms with van der Waals surface area (Å²) >= 11 is 6.02. The lowest BCUT2D eigenvalue weighted by Gasteiger charge is -2.38. The van der Waals surface area contributed by atoms with Crippen molar-refractivity contribution in [1.29, 1.82) is 0 Å². The molecule has 4 rings (SSSR count). The lowest BCUT2D eigenvalue weighted by molar-refractivity contribution is -0.0440. The van der Waals surface area contributed by atoms with E-state index in [9.17, 15) is 4.79 Å². The molecular formula is C18H17ClN2O2. The average Bonchev–Trinajstić information content (AvgIpc) is 2.83. The van der Waals surface area contributed by atoms with Gasteiger partial charge < -0.3 is 4.74 Å². The number of pyridine rings is 1. The molecule has 0 amide bonds. The van der Waals surface area contributed by atoms with Crippen LogP contribution in [0.1, 0.15) is 34.3 Å². The van der Waals surface area contributed by atoms with E-state index in [1.165, 1.54) is 11.8 Å². The van der Waals surface area contributed by atoms with Gasteiger partial charge in [-0.3, -0.25) is 4.90 Å². The number of carbonyl (C=O) groups excluding carboxylic acids is 1. The summed E-state index contributed by atoms with van der Waals surface area (Å²) in [6.07, 6.45) is 3.11. The molecule has 5 heteroatoms. The van der Waals surface area contributed by atoms with Crippen LogP contribution in [0.15, 0.2) is 42.6 Å². The maximum atomic E-state index is 12.1. The van der Waals surface area contributed by atoms with Crippen LogP contribution in [0.25, 0.3) is 0 Å². The zero-order valence-electron chi connectivity index (χ0n) is 12.7. The van der Waals surface area contributed by atoms with Gasteiger partial charge in [0, 0.05) is 44.2 Å². The second kappa shape index (κ2) is 5.62. The Morgan fingerprint density at radius 1 is 1.22 bits per heavy atom. The number of halogens is 1. The number of hydrogen-bond acceptors (Lipinski definition) is 4. The van der Waals surface area contributed by atoms with Crippen LogP contribution in [-0.2, 0) is 16.9 Å². The van der Waals surface area contributed by atoms with Gasteiger partial charge in [-0.1, -0.05) is 41.9 Å². The van der Waals surface area contributed by atoms with Gasteiger partial charge >= 0.3 is 5.97 Å². The number of rotatable bonds is 2. The van der Waals surface area contributed by atoms with Crippen LogP contribution in [0.3, 0.4) is 0 Å². The first-order valence-corrected chi connectivity index (χ1v) is 8.20. The fraction of sp³-hybridized carbons (Fsp3) is 0.333. The maximum Gasteiger partial charge on any atom is 0.341 e. The van der Waals surface area contributed by atoms with Crippen LogP contribution in [-0.4, -0.2) is 28.9 Å². The van der Waals surface area contributed by atoms with Crippen molar-refractivity contribution in [3.05, 3.63) is 64.4 Å². The summed E-state index contributed by atoms with van der Waals surface area (Å²) in [7, 11) is 0. The van der Waals surface area contributed by atoms with Crippen molar-refractivity contribution in [2.45, 2.75) is 25.0 Å². The Hall–Kier alpha value is -1.91. The smallest absolute Gasteiger partial charge is 0.341 e. The predicted octanol–water partition coefficient (Wildman–Crippen LogP) is 3.40. The van der Waals surface area contributed by atoms with Crippen molar-refractivity contribution in [3.8, 4) is 0 Å². The van der Waals surface area contributed by atoms with Gasteiger partial charge in [0.15, 0.2) is 0 Å². The summed E-state index contributed by atoms with van der Waals surface area (Å²) in [5.41, 5.74) is 2.25. The number of benzene rings is 1. The highest BCUT2D eigenvalue weighted by molar-refractivity contribution is 6.29. The van der Waals surface area contributed by atoms with E-state index in [-0.39, 0.29) is 5.97 Å². The normalized spacial score (nSPS) is 19.6. The summed E-state index contributed by atoms with van der Waals surface area (Å²) in [4.78, 5) is 18.5. The van der Waals surface area contributed by atoms with E-state index in [1.54, 1.807) is 6.07 Å². The second-order valence-corrected chi connectivity index (χ2v) is 6.59. The van der Waals surface area contributed by atoms with Gasteiger partial charge in [0.25, 0.3) is 0 Å². The molecule has 0 saturated carbocycles. The van der Waals surface area contributed by atoms with E-state index in [4.69, 9.17) is 16.3 Å². The molecule has 2 aliphatic rings. The molecule has 0 unspecified atom stereocenters. The molecule has 0 aliphatic carbocycles. The van der Waals surface area contributed by atoms with Gasteiger partial charge in [-0.2, -0.15) is 0 Å². The van der Waals surface area contributed by atoms with Gasteiger partial charge in [0.2, 0.25) is 0 Å². The minimum absolute atomic E-state index is 0.277. The number of piperidine rings is 1. The molecule has 118 valence electrons. The quantitative estimate of drug-likeness (QED) is 0.626. The molecule has 2 aliphatic heterocycles.